The van der Waals surface area contributed by atoms with Gasteiger partial charge in [0.15, 0.2) is 0 Å². The zero-order chi connectivity index (χ0) is 33.4. The SMILES string of the molecule is CC1C(C(=O)O)CC1C(=O)OC1CCC2(C)C(CCC3(C)C2CCC2[C@H]4CCCC4(C(=O)NCCN4CCCCC4)CC[C@]23C)C1C. The number of fused-ring (bicyclic) bond motifs is 7. The number of carboxylic acid groups (broad SMARTS) is 1. The Morgan fingerprint density at radius 3 is 2.26 bits per heavy atom. The van der Waals surface area contributed by atoms with E-state index in [0.29, 0.717) is 41.9 Å². The molecule has 7 aliphatic rings. The monoisotopic (exact) mass is 652 g/mol. The summed E-state index contributed by atoms with van der Waals surface area (Å²) in [5.74, 6) is 1.25. The fraction of sp³-hybridized carbons (Fsp3) is 0.925. The van der Waals surface area contributed by atoms with Crippen LogP contribution in [0.1, 0.15) is 131 Å². The number of nitrogens with one attached hydrogen (secondary N) is 1. The normalized spacial score (nSPS) is 49.3. The second-order valence-electron chi connectivity index (χ2n) is 18.6. The molecule has 1 heterocycles. The fourth-order valence-corrected chi connectivity index (χ4v) is 14.1. The molecule has 0 aromatic carbocycles. The number of carbonyl (C=O) groups is 3. The van der Waals surface area contributed by atoms with E-state index in [4.69, 9.17) is 4.74 Å². The van der Waals surface area contributed by atoms with Crippen LogP contribution in [-0.4, -0.2) is 60.1 Å². The standard InChI is InChI=1S/C40H64N2O5/c1-25-27(34(43)44)24-28(25)35(45)47-32-14-16-37(3)29(26(32)2)13-17-39(5)33(37)12-11-30-31-10-9-15-40(31,19-18-38(30,39)4)36(46)41-20-23-42-21-7-6-8-22-42/h25-33H,6-24H2,1-5H3,(H,41,46)(H,43,44)/t25?,26?,27?,28?,29?,30?,31-,32?,33?,37?,38-,39?,40?/m1/s1. The number of nitrogens with zero attached hydrogens (tertiary/aromatic N) is 1. The highest BCUT2D eigenvalue weighted by atomic mass is 16.5. The van der Waals surface area contributed by atoms with Gasteiger partial charge in [0.1, 0.15) is 6.10 Å². The van der Waals surface area contributed by atoms with Crippen LogP contribution in [0.5, 0.6) is 0 Å². The number of rotatable bonds is 7. The number of likely N-dealkylation sites (tertiary alicyclic amines) is 1. The molecule has 264 valence electrons. The highest BCUT2D eigenvalue weighted by Gasteiger charge is 2.70. The molecule has 0 bridgehead atoms. The van der Waals surface area contributed by atoms with Crippen molar-refractivity contribution in [1.82, 2.24) is 10.2 Å². The van der Waals surface area contributed by atoms with Gasteiger partial charge in [-0.05, 0) is 148 Å². The molecule has 11 unspecified atom stereocenters. The summed E-state index contributed by atoms with van der Waals surface area (Å²) in [6.07, 6.45) is 17.0. The Morgan fingerprint density at radius 2 is 1.53 bits per heavy atom. The van der Waals surface area contributed by atoms with E-state index in [0.717, 1.165) is 38.8 Å². The molecule has 0 spiro atoms. The largest absolute Gasteiger partial charge is 0.481 e. The van der Waals surface area contributed by atoms with Crippen molar-refractivity contribution in [3.8, 4) is 0 Å². The molecule has 0 aromatic rings. The van der Waals surface area contributed by atoms with Gasteiger partial charge < -0.3 is 20.1 Å². The van der Waals surface area contributed by atoms with Gasteiger partial charge in [-0.25, -0.2) is 0 Å². The van der Waals surface area contributed by atoms with Crippen molar-refractivity contribution in [1.29, 1.82) is 0 Å². The third-order valence-corrected chi connectivity index (χ3v) is 17.2. The smallest absolute Gasteiger partial charge is 0.309 e. The van der Waals surface area contributed by atoms with Crippen LogP contribution in [0.2, 0.25) is 0 Å². The Labute approximate surface area is 284 Å². The van der Waals surface area contributed by atoms with Crippen LogP contribution >= 0.6 is 0 Å². The maximum absolute atomic E-state index is 14.1. The van der Waals surface area contributed by atoms with Crippen molar-refractivity contribution >= 4 is 17.8 Å². The molecule has 6 saturated carbocycles. The van der Waals surface area contributed by atoms with Crippen LogP contribution in [-0.2, 0) is 19.1 Å². The molecule has 7 fully saturated rings. The minimum absolute atomic E-state index is 0.0600. The molecule has 1 amide bonds. The van der Waals surface area contributed by atoms with Gasteiger partial charge in [-0.1, -0.05) is 47.5 Å². The number of hydrogen-bond acceptors (Lipinski definition) is 5. The number of piperidine rings is 1. The first-order valence-corrected chi connectivity index (χ1v) is 19.8. The van der Waals surface area contributed by atoms with Gasteiger partial charge in [-0.2, -0.15) is 0 Å². The highest BCUT2D eigenvalue weighted by Crippen LogP contribution is 2.76. The average Bonchev–Trinajstić information content (AvgIpc) is 3.48. The van der Waals surface area contributed by atoms with E-state index in [-0.39, 0.29) is 45.6 Å². The van der Waals surface area contributed by atoms with E-state index >= 15 is 0 Å². The van der Waals surface area contributed by atoms with Crippen LogP contribution in [0.15, 0.2) is 0 Å². The first-order chi connectivity index (χ1) is 22.4. The third-order valence-electron chi connectivity index (χ3n) is 17.2. The lowest BCUT2D eigenvalue weighted by molar-refractivity contribution is -0.235. The van der Waals surface area contributed by atoms with Crippen LogP contribution in [0, 0.1) is 69.0 Å². The Morgan fingerprint density at radius 1 is 0.766 bits per heavy atom. The van der Waals surface area contributed by atoms with Gasteiger partial charge >= 0.3 is 11.9 Å². The first kappa shape index (κ1) is 33.8. The summed E-state index contributed by atoms with van der Waals surface area (Å²) in [5.41, 5.74) is 0.591. The summed E-state index contributed by atoms with van der Waals surface area (Å²) in [5, 5.41) is 12.9. The average molecular weight is 653 g/mol. The second kappa shape index (κ2) is 12.3. The van der Waals surface area contributed by atoms with E-state index < -0.39 is 11.9 Å². The van der Waals surface area contributed by atoms with Crippen molar-refractivity contribution in [2.75, 3.05) is 26.2 Å². The predicted molar refractivity (Wildman–Crippen MR) is 182 cm³/mol. The van der Waals surface area contributed by atoms with Gasteiger partial charge in [-0.15, -0.1) is 0 Å². The Balaban J connectivity index is 1.02. The van der Waals surface area contributed by atoms with Crippen molar-refractivity contribution in [3.05, 3.63) is 0 Å². The molecular weight excluding hydrogens is 588 g/mol. The molecule has 1 saturated heterocycles. The van der Waals surface area contributed by atoms with Crippen LogP contribution in [0.25, 0.3) is 0 Å². The van der Waals surface area contributed by atoms with E-state index in [2.05, 4.69) is 37.9 Å². The fourth-order valence-electron chi connectivity index (χ4n) is 14.1. The zero-order valence-electron chi connectivity index (χ0n) is 30.2. The summed E-state index contributed by atoms with van der Waals surface area (Å²) >= 11 is 0. The van der Waals surface area contributed by atoms with E-state index in [9.17, 15) is 19.5 Å². The van der Waals surface area contributed by atoms with E-state index in [1.54, 1.807) is 0 Å². The van der Waals surface area contributed by atoms with Gasteiger partial charge in [-0.3, -0.25) is 14.4 Å². The number of hydrogen-bond donors (Lipinski definition) is 2. The van der Waals surface area contributed by atoms with Crippen molar-refractivity contribution in [2.24, 2.45) is 69.0 Å². The lowest BCUT2D eigenvalue weighted by atomic mass is 9.33. The minimum atomic E-state index is -0.792. The topological polar surface area (TPSA) is 95.9 Å². The maximum atomic E-state index is 14.1. The number of aliphatic carboxylic acids is 1. The highest BCUT2D eigenvalue weighted by molar-refractivity contribution is 5.83. The van der Waals surface area contributed by atoms with Crippen LogP contribution in [0.3, 0.4) is 0 Å². The lowest BCUT2D eigenvalue weighted by Crippen LogP contribution is -2.66. The minimum Gasteiger partial charge on any atom is -0.481 e. The third kappa shape index (κ3) is 5.15. The number of carbonyl (C=O) groups excluding carboxylic acids is 2. The maximum Gasteiger partial charge on any atom is 0.309 e. The Hall–Kier alpha value is -1.63. The molecule has 1 aliphatic heterocycles. The molecule has 2 N–H and O–H groups in total. The zero-order valence-corrected chi connectivity index (χ0v) is 30.2. The molecular formula is C40H64N2O5. The van der Waals surface area contributed by atoms with Crippen LogP contribution < -0.4 is 5.32 Å². The van der Waals surface area contributed by atoms with Gasteiger partial charge in [0, 0.05) is 13.1 Å². The summed E-state index contributed by atoms with van der Waals surface area (Å²) in [4.78, 5) is 41.3. The number of carboxylic acids is 1. The summed E-state index contributed by atoms with van der Waals surface area (Å²) < 4.78 is 6.24. The molecule has 47 heavy (non-hydrogen) atoms. The molecule has 7 heteroatoms. The molecule has 7 nitrogen and oxygen atoms in total. The summed E-state index contributed by atoms with van der Waals surface area (Å²) in [6, 6.07) is 0. The van der Waals surface area contributed by atoms with Gasteiger partial charge in [0.05, 0.1) is 17.3 Å². The van der Waals surface area contributed by atoms with Crippen molar-refractivity contribution in [3.63, 3.8) is 0 Å². The number of ether oxygens (including phenoxy) is 1. The molecule has 0 radical (unpaired) electrons. The summed E-state index contributed by atoms with van der Waals surface area (Å²) in [7, 11) is 0. The first-order valence-electron chi connectivity index (χ1n) is 19.8. The molecule has 7 rings (SSSR count). The second-order valence-corrected chi connectivity index (χ2v) is 18.6. The lowest BCUT2D eigenvalue weighted by Gasteiger charge is -2.71. The Bertz CT molecular complexity index is 1230. The van der Waals surface area contributed by atoms with Gasteiger partial charge in [0.2, 0.25) is 5.91 Å². The Kier molecular flexibility index (Phi) is 8.86. The van der Waals surface area contributed by atoms with Crippen molar-refractivity contribution < 1.29 is 24.2 Å². The quantitative estimate of drug-likeness (QED) is 0.280. The number of amides is 1. The van der Waals surface area contributed by atoms with E-state index in [1.807, 2.05) is 6.92 Å². The van der Waals surface area contributed by atoms with Crippen LogP contribution in [0.4, 0.5) is 0 Å². The molecule has 6 aliphatic carbocycles. The summed E-state index contributed by atoms with van der Waals surface area (Å²) in [6.45, 7) is 16.3. The predicted octanol–water partition coefficient (Wildman–Crippen LogP) is 7.32. The van der Waals surface area contributed by atoms with E-state index in [1.165, 1.54) is 77.3 Å². The number of esters is 1. The van der Waals surface area contributed by atoms with Gasteiger partial charge in [0.25, 0.3) is 0 Å². The molecule has 0 aromatic heterocycles. The van der Waals surface area contributed by atoms with Crippen molar-refractivity contribution in [2.45, 2.75) is 137 Å². The molecule has 13 atom stereocenters.